The van der Waals surface area contributed by atoms with Crippen LogP contribution in [0.1, 0.15) is 24.0 Å². The summed E-state index contributed by atoms with van der Waals surface area (Å²) in [4.78, 5) is 24.5. The number of carbonyl (C=O) groups excluding carboxylic acids is 2. The number of amides is 2. The first-order chi connectivity index (χ1) is 14.5. The Balaban J connectivity index is 1.66. The standard InChI is InChI=1S/C23H23N5O2/c1-16-8-6-7-11-18(16)20-14-21(28(26-20)15-17-9-4-3-5-10-17)24-23(30)19-12-13-22(29)27(2)25-19/h3-11,14H,12-13,15H2,1-2H3,(H,24,30). The largest absolute Gasteiger partial charge is 0.306 e. The molecule has 30 heavy (non-hydrogen) atoms. The smallest absolute Gasteiger partial charge is 0.273 e. The van der Waals surface area contributed by atoms with Crippen LogP contribution in [0.25, 0.3) is 11.3 Å². The van der Waals surface area contributed by atoms with Crippen molar-refractivity contribution in [2.24, 2.45) is 5.10 Å². The number of nitrogens with one attached hydrogen (secondary N) is 1. The van der Waals surface area contributed by atoms with Crippen LogP contribution in [0.3, 0.4) is 0 Å². The normalized spacial score (nSPS) is 13.9. The van der Waals surface area contributed by atoms with Gasteiger partial charge in [-0.1, -0.05) is 54.6 Å². The lowest BCUT2D eigenvalue weighted by Crippen LogP contribution is -2.34. The van der Waals surface area contributed by atoms with Crippen molar-refractivity contribution in [2.45, 2.75) is 26.3 Å². The molecule has 7 nitrogen and oxygen atoms in total. The SMILES string of the molecule is Cc1ccccc1-c1cc(NC(=O)C2=NN(C)C(=O)CC2)n(Cc2ccccc2)n1. The van der Waals surface area contributed by atoms with Crippen LogP contribution in [0.2, 0.25) is 0 Å². The topological polar surface area (TPSA) is 79.6 Å². The summed E-state index contributed by atoms with van der Waals surface area (Å²) in [5, 5.41) is 13.0. The number of rotatable bonds is 5. The van der Waals surface area contributed by atoms with Crippen LogP contribution >= 0.6 is 0 Å². The zero-order chi connectivity index (χ0) is 21.1. The Morgan fingerprint density at radius 3 is 2.53 bits per heavy atom. The number of carbonyl (C=O) groups is 2. The first kappa shape index (κ1) is 19.6. The molecule has 2 heterocycles. The third-order valence-electron chi connectivity index (χ3n) is 5.09. The van der Waals surface area contributed by atoms with Crippen LogP contribution in [0, 0.1) is 6.92 Å². The molecule has 0 aliphatic carbocycles. The fraction of sp³-hybridized carbons (Fsp3) is 0.217. The average molecular weight is 401 g/mol. The lowest BCUT2D eigenvalue weighted by atomic mass is 10.1. The fourth-order valence-corrected chi connectivity index (χ4v) is 3.41. The Morgan fingerprint density at radius 2 is 1.80 bits per heavy atom. The van der Waals surface area contributed by atoms with E-state index in [1.807, 2.05) is 67.6 Å². The molecule has 0 atom stereocenters. The molecule has 0 fully saturated rings. The summed E-state index contributed by atoms with van der Waals surface area (Å²) in [6.45, 7) is 2.56. The van der Waals surface area contributed by atoms with Gasteiger partial charge in [0.1, 0.15) is 11.5 Å². The van der Waals surface area contributed by atoms with E-state index in [2.05, 4.69) is 10.4 Å². The summed E-state index contributed by atoms with van der Waals surface area (Å²) in [5.74, 6) is 0.173. The number of hydrazone groups is 1. The van der Waals surface area contributed by atoms with Crippen molar-refractivity contribution in [3.05, 3.63) is 71.8 Å². The second-order valence-electron chi connectivity index (χ2n) is 7.29. The third kappa shape index (κ3) is 4.15. The lowest BCUT2D eigenvalue weighted by molar-refractivity contribution is -0.130. The van der Waals surface area contributed by atoms with Gasteiger partial charge in [-0.2, -0.15) is 10.2 Å². The minimum atomic E-state index is -0.320. The second kappa shape index (κ2) is 8.32. The Kier molecular flexibility index (Phi) is 5.43. The fourth-order valence-electron chi connectivity index (χ4n) is 3.41. The van der Waals surface area contributed by atoms with E-state index in [4.69, 9.17) is 5.10 Å². The van der Waals surface area contributed by atoms with Crippen LogP contribution in [-0.4, -0.2) is 39.4 Å². The van der Waals surface area contributed by atoms with E-state index >= 15 is 0 Å². The molecule has 2 amide bonds. The molecule has 1 aliphatic rings. The number of benzene rings is 2. The molecule has 0 bridgehead atoms. The van der Waals surface area contributed by atoms with Crippen molar-refractivity contribution in [3.8, 4) is 11.3 Å². The molecule has 0 spiro atoms. The highest BCUT2D eigenvalue weighted by molar-refractivity contribution is 6.43. The first-order valence-electron chi connectivity index (χ1n) is 9.84. The van der Waals surface area contributed by atoms with Gasteiger partial charge in [-0.3, -0.25) is 9.59 Å². The first-order valence-corrected chi connectivity index (χ1v) is 9.84. The van der Waals surface area contributed by atoms with E-state index in [0.29, 0.717) is 24.5 Å². The molecule has 1 aliphatic heterocycles. The Hall–Kier alpha value is -3.74. The maximum atomic E-state index is 12.8. The van der Waals surface area contributed by atoms with Gasteiger partial charge in [-0.15, -0.1) is 0 Å². The maximum Gasteiger partial charge on any atom is 0.273 e. The highest BCUT2D eigenvalue weighted by Crippen LogP contribution is 2.26. The molecule has 1 N–H and O–H groups in total. The van der Waals surface area contributed by atoms with Crippen molar-refractivity contribution in [1.29, 1.82) is 0 Å². The molecular formula is C23H23N5O2. The molecule has 4 rings (SSSR count). The Morgan fingerprint density at radius 1 is 1.07 bits per heavy atom. The number of aryl methyl sites for hydroxylation is 1. The molecule has 1 aromatic heterocycles. The number of anilines is 1. The monoisotopic (exact) mass is 401 g/mol. The van der Waals surface area contributed by atoms with Crippen molar-refractivity contribution < 1.29 is 9.59 Å². The van der Waals surface area contributed by atoms with Gasteiger partial charge in [0, 0.05) is 31.5 Å². The molecule has 3 aromatic rings. The highest BCUT2D eigenvalue weighted by Gasteiger charge is 2.23. The molecule has 7 heteroatoms. The van der Waals surface area contributed by atoms with E-state index in [0.717, 1.165) is 22.4 Å². The average Bonchev–Trinajstić information content (AvgIpc) is 3.13. The van der Waals surface area contributed by atoms with Gasteiger partial charge in [-0.25, -0.2) is 9.69 Å². The van der Waals surface area contributed by atoms with Gasteiger partial charge in [0.2, 0.25) is 5.91 Å². The molecule has 0 radical (unpaired) electrons. The molecule has 0 unspecified atom stereocenters. The predicted octanol–water partition coefficient (Wildman–Crippen LogP) is 3.45. The molecule has 0 saturated heterocycles. The number of hydrogen-bond acceptors (Lipinski definition) is 4. The Bertz CT molecular complexity index is 1120. The summed E-state index contributed by atoms with van der Waals surface area (Å²) in [6.07, 6.45) is 0.604. The number of aromatic nitrogens is 2. The molecule has 0 saturated carbocycles. The second-order valence-corrected chi connectivity index (χ2v) is 7.29. The third-order valence-corrected chi connectivity index (χ3v) is 5.09. The van der Waals surface area contributed by atoms with Gasteiger partial charge in [0.25, 0.3) is 5.91 Å². The van der Waals surface area contributed by atoms with Gasteiger partial charge >= 0.3 is 0 Å². The van der Waals surface area contributed by atoms with Crippen molar-refractivity contribution in [1.82, 2.24) is 14.8 Å². The minimum Gasteiger partial charge on any atom is -0.306 e. The zero-order valence-corrected chi connectivity index (χ0v) is 17.0. The van der Waals surface area contributed by atoms with Gasteiger partial charge in [-0.05, 0) is 18.1 Å². The number of hydrogen-bond donors (Lipinski definition) is 1. The van der Waals surface area contributed by atoms with E-state index in [9.17, 15) is 9.59 Å². The molecular weight excluding hydrogens is 378 g/mol. The van der Waals surface area contributed by atoms with Crippen molar-refractivity contribution >= 4 is 23.3 Å². The van der Waals surface area contributed by atoms with Crippen LogP contribution in [-0.2, 0) is 16.1 Å². The Labute approximate surface area is 175 Å². The summed E-state index contributed by atoms with van der Waals surface area (Å²) in [6, 6.07) is 19.8. The van der Waals surface area contributed by atoms with Gasteiger partial charge in [0.05, 0.1) is 12.2 Å². The quantitative estimate of drug-likeness (QED) is 0.711. The summed E-state index contributed by atoms with van der Waals surface area (Å²) in [5.41, 5.74) is 4.32. The van der Waals surface area contributed by atoms with Crippen LogP contribution in [0.4, 0.5) is 5.82 Å². The zero-order valence-electron chi connectivity index (χ0n) is 17.0. The van der Waals surface area contributed by atoms with Crippen LogP contribution in [0.15, 0.2) is 65.8 Å². The van der Waals surface area contributed by atoms with Gasteiger partial charge in [0.15, 0.2) is 0 Å². The minimum absolute atomic E-state index is 0.0949. The van der Waals surface area contributed by atoms with Crippen LogP contribution in [0.5, 0.6) is 0 Å². The highest BCUT2D eigenvalue weighted by atomic mass is 16.2. The molecule has 2 aromatic carbocycles. The van der Waals surface area contributed by atoms with E-state index in [-0.39, 0.29) is 18.2 Å². The van der Waals surface area contributed by atoms with E-state index in [1.54, 1.807) is 11.7 Å². The lowest BCUT2D eigenvalue weighted by Gasteiger charge is -2.19. The van der Waals surface area contributed by atoms with Crippen LogP contribution < -0.4 is 5.32 Å². The summed E-state index contributed by atoms with van der Waals surface area (Å²) < 4.78 is 1.78. The van der Waals surface area contributed by atoms with Gasteiger partial charge < -0.3 is 5.32 Å². The summed E-state index contributed by atoms with van der Waals surface area (Å²) in [7, 11) is 1.56. The maximum absolute atomic E-state index is 12.8. The number of nitrogens with zero attached hydrogens (tertiary/aromatic N) is 4. The van der Waals surface area contributed by atoms with E-state index < -0.39 is 0 Å². The predicted molar refractivity (Wildman–Crippen MR) is 116 cm³/mol. The molecule has 152 valence electrons. The van der Waals surface area contributed by atoms with Crippen molar-refractivity contribution in [3.63, 3.8) is 0 Å². The van der Waals surface area contributed by atoms with E-state index in [1.165, 1.54) is 5.01 Å². The van der Waals surface area contributed by atoms with Crippen molar-refractivity contribution in [2.75, 3.05) is 12.4 Å². The summed E-state index contributed by atoms with van der Waals surface area (Å²) >= 11 is 0.